The molecular weight excluding hydrogens is 154 g/mol. The fourth-order valence-corrected chi connectivity index (χ4v) is 1.42. The van der Waals surface area contributed by atoms with E-state index < -0.39 is 12.2 Å². The Morgan fingerprint density at radius 3 is 2.33 bits per heavy atom. The van der Waals surface area contributed by atoms with E-state index in [2.05, 4.69) is 4.90 Å². The van der Waals surface area contributed by atoms with Gasteiger partial charge in [0.25, 0.3) is 0 Å². The molecule has 12 heavy (non-hydrogen) atoms. The van der Waals surface area contributed by atoms with E-state index in [0.717, 1.165) is 0 Å². The zero-order valence-corrected chi connectivity index (χ0v) is 7.90. The summed E-state index contributed by atoms with van der Waals surface area (Å²) < 4.78 is 0. The van der Waals surface area contributed by atoms with Crippen LogP contribution in [-0.2, 0) is 0 Å². The average molecular weight is 173 g/mol. The van der Waals surface area contributed by atoms with Crippen LogP contribution in [0.25, 0.3) is 0 Å². The monoisotopic (exact) mass is 173 g/mol. The summed E-state index contributed by atoms with van der Waals surface area (Å²) >= 11 is 0. The molecule has 72 valence electrons. The van der Waals surface area contributed by atoms with Crippen LogP contribution in [0.4, 0.5) is 0 Å². The summed E-state index contributed by atoms with van der Waals surface area (Å²) in [5, 5.41) is 18.4. The first-order valence-electron chi connectivity index (χ1n) is 4.67. The molecule has 0 aromatic rings. The standard InChI is InChI=1S/C9H19NO2/c1-7(11)9(12)6-10(2)8-4-3-5-8/h7-9,11-12H,3-6H2,1-2H3. The molecule has 0 saturated heterocycles. The highest BCUT2D eigenvalue weighted by molar-refractivity contribution is 4.80. The fourth-order valence-electron chi connectivity index (χ4n) is 1.42. The van der Waals surface area contributed by atoms with Gasteiger partial charge in [0.1, 0.15) is 0 Å². The number of rotatable bonds is 4. The summed E-state index contributed by atoms with van der Waals surface area (Å²) in [6, 6.07) is 0.637. The Hall–Kier alpha value is -0.120. The van der Waals surface area contributed by atoms with Crippen LogP contribution in [0.3, 0.4) is 0 Å². The van der Waals surface area contributed by atoms with Crippen LogP contribution in [0.5, 0.6) is 0 Å². The fraction of sp³-hybridized carbons (Fsp3) is 1.00. The van der Waals surface area contributed by atoms with Crippen LogP contribution in [0, 0.1) is 0 Å². The molecule has 3 nitrogen and oxygen atoms in total. The number of hydrogen-bond donors (Lipinski definition) is 2. The molecule has 0 spiro atoms. The normalized spacial score (nSPS) is 23.8. The second kappa shape index (κ2) is 4.21. The number of nitrogens with zero attached hydrogens (tertiary/aromatic N) is 1. The van der Waals surface area contributed by atoms with Crippen molar-refractivity contribution >= 4 is 0 Å². The van der Waals surface area contributed by atoms with Crippen LogP contribution in [0.15, 0.2) is 0 Å². The van der Waals surface area contributed by atoms with Gasteiger partial charge < -0.3 is 15.1 Å². The number of aliphatic hydroxyl groups is 2. The largest absolute Gasteiger partial charge is 0.391 e. The van der Waals surface area contributed by atoms with Gasteiger partial charge in [0.2, 0.25) is 0 Å². The molecule has 1 saturated carbocycles. The third-order valence-corrected chi connectivity index (χ3v) is 2.73. The maximum Gasteiger partial charge on any atom is 0.0922 e. The minimum absolute atomic E-state index is 0.586. The molecule has 2 atom stereocenters. The summed E-state index contributed by atoms with van der Waals surface area (Å²) in [4.78, 5) is 2.14. The Morgan fingerprint density at radius 1 is 1.42 bits per heavy atom. The molecular formula is C9H19NO2. The maximum absolute atomic E-state index is 9.37. The first kappa shape index (κ1) is 9.96. The second-order valence-electron chi connectivity index (χ2n) is 3.83. The smallest absolute Gasteiger partial charge is 0.0922 e. The van der Waals surface area contributed by atoms with E-state index in [9.17, 15) is 5.11 Å². The van der Waals surface area contributed by atoms with Crippen molar-refractivity contribution in [3.05, 3.63) is 0 Å². The molecule has 0 heterocycles. The number of likely N-dealkylation sites (N-methyl/N-ethyl adjacent to an activating group) is 1. The van der Waals surface area contributed by atoms with Gasteiger partial charge in [-0.05, 0) is 26.8 Å². The lowest BCUT2D eigenvalue weighted by molar-refractivity contribution is -0.00271. The molecule has 0 radical (unpaired) electrons. The van der Waals surface area contributed by atoms with Crippen molar-refractivity contribution in [1.82, 2.24) is 4.90 Å². The van der Waals surface area contributed by atoms with Crippen LogP contribution in [0.1, 0.15) is 26.2 Å². The van der Waals surface area contributed by atoms with Crippen molar-refractivity contribution in [3.8, 4) is 0 Å². The highest BCUT2D eigenvalue weighted by atomic mass is 16.3. The quantitative estimate of drug-likeness (QED) is 0.639. The van der Waals surface area contributed by atoms with E-state index in [1.807, 2.05) is 7.05 Å². The molecule has 0 aromatic heterocycles. The van der Waals surface area contributed by atoms with E-state index in [-0.39, 0.29) is 0 Å². The SMILES string of the molecule is CC(O)C(O)CN(C)C1CCC1. The van der Waals surface area contributed by atoms with Crippen LogP contribution < -0.4 is 0 Å². The first-order chi connectivity index (χ1) is 5.61. The summed E-state index contributed by atoms with van der Waals surface area (Å²) in [6.45, 7) is 2.21. The first-order valence-corrected chi connectivity index (χ1v) is 4.67. The summed E-state index contributed by atoms with van der Waals surface area (Å²) in [5.74, 6) is 0. The molecule has 1 fully saturated rings. The lowest BCUT2D eigenvalue weighted by Gasteiger charge is -2.36. The van der Waals surface area contributed by atoms with Gasteiger partial charge >= 0.3 is 0 Å². The molecule has 2 N–H and O–H groups in total. The van der Waals surface area contributed by atoms with Gasteiger partial charge in [0.15, 0.2) is 0 Å². The van der Waals surface area contributed by atoms with Gasteiger partial charge in [-0.3, -0.25) is 0 Å². The molecule has 0 bridgehead atoms. The molecule has 1 aliphatic carbocycles. The predicted octanol–water partition coefficient (Wildman–Crippen LogP) is 0.212. The Bertz CT molecular complexity index is 134. The Balaban J connectivity index is 2.20. The van der Waals surface area contributed by atoms with Gasteiger partial charge in [-0.1, -0.05) is 6.42 Å². The van der Waals surface area contributed by atoms with E-state index in [4.69, 9.17) is 5.11 Å². The minimum Gasteiger partial charge on any atom is -0.391 e. The molecule has 0 aromatic carbocycles. The second-order valence-corrected chi connectivity index (χ2v) is 3.83. The van der Waals surface area contributed by atoms with Crippen molar-refractivity contribution in [2.24, 2.45) is 0 Å². The highest BCUT2D eigenvalue weighted by Crippen LogP contribution is 2.23. The molecule has 2 unspecified atom stereocenters. The molecule has 1 rings (SSSR count). The predicted molar refractivity (Wildman–Crippen MR) is 48.0 cm³/mol. The Morgan fingerprint density at radius 2 is 2.00 bits per heavy atom. The number of hydrogen-bond acceptors (Lipinski definition) is 3. The zero-order valence-electron chi connectivity index (χ0n) is 7.90. The summed E-state index contributed by atoms with van der Waals surface area (Å²) in [5.41, 5.74) is 0. The van der Waals surface area contributed by atoms with E-state index in [1.54, 1.807) is 6.92 Å². The maximum atomic E-state index is 9.37. The highest BCUT2D eigenvalue weighted by Gasteiger charge is 2.24. The minimum atomic E-state index is -0.618. The van der Waals surface area contributed by atoms with Gasteiger partial charge in [0, 0.05) is 12.6 Å². The summed E-state index contributed by atoms with van der Waals surface area (Å²) in [7, 11) is 2.01. The van der Waals surface area contributed by atoms with Crippen molar-refractivity contribution in [1.29, 1.82) is 0 Å². The molecule has 0 amide bonds. The summed E-state index contributed by atoms with van der Waals surface area (Å²) in [6.07, 6.45) is 2.56. The molecule has 3 heteroatoms. The molecule has 1 aliphatic rings. The lowest BCUT2D eigenvalue weighted by atomic mass is 9.91. The van der Waals surface area contributed by atoms with Crippen molar-refractivity contribution in [2.45, 2.75) is 44.4 Å². The Labute approximate surface area is 74.0 Å². The van der Waals surface area contributed by atoms with Crippen LogP contribution >= 0.6 is 0 Å². The lowest BCUT2D eigenvalue weighted by Crippen LogP contribution is -2.44. The van der Waals surface area contributed by atoms with Gasteiger partial charge in [-0.15, -0.1) is 0 Å². The molecule has 0 aliphatic heterocycles. The third-order valence-electron chi connectivity index (χ3n) is 2.73. The van der Waals surface area contributed by atoms with Crippen LogP contribution in [0.2, 0.25) is 0 Å². The Kier molecular flexibility index (Phi) is 3.50. The van der Waals surface area contributed by atoms with Gasteiger partial charge in [0.05, 0.1) is 12.2 Å². The van der Waals surface area contributed by atoms with Crippen molar-refractivity contribution in [3.63, 3.8) is 0 Å². The van der Waals surface area contributed by atoms with E-state index >= 15 is 0 Å². The zero-order chi connectivity index (χ0) is 9.14. The third kappa shape index (κ3) is 2.44. The van der Waals surface area contributed by atoms with Crippen LogP contribution in [-0.4, -0.2) is 47.0 Å². The number of aliphatic hydroxyl groups excluding tert-OH is 2. The average Bonchev–Trinajstić information content (AvgIpc) is 1.82. The van der Waals surface area contributed by atoms with Crippen molar-refractivity contribution in [2.75, 3.05) is 13.6 Å². The topological polar surface area (TPSA) is 43.7 Å². The van der Waals surface area contributed by atoms with Gasteiger partial charge in [-0.25, -0.2) is 0 Å². The van der Waals surface area contributed by atoms with E-state index in [0.29, 0.717) is 12.6 Å². The van der Waals surface area contributed by atoms with E-state index in [1.165, 1.54) is 19.3 Å². The van der Waals surface area contributed by atoms with Crippen molar-refractivity contribution < 1.29 is 10.2 Å². The van der Waals surface area contributed by atoms with Gasteiger partial charge in [-0.2, -0.15) is 0 Å².